The summed E-state index contributed by atoms with van der Waals surface area (Å²) in [6.07, 6.45) is 1.87. The molecule has 1 atom stereocenters. The topological polar surface area (TPSA) is 66.6 Å². The number of hydrogen-bond donors (Lipinski definition) is 2. The van der Waals surface area contributed by atoms with Crippen molar-refractivity contribution in [3.05, 3.63) is 33.8 Å². The maximum atomic E-state index is 11.0. The molecule has 102 valence electrons. The highest BCUT2D eigenvalue weighted by molar-refractivity contribution is 9.10. The second kappa shape index (κ2) is 4.49. The van der Waals surface area contributed by atoms with Crippen LogP contribution < -0.4 is 5.73 Å². The Hall–Kier alpha value is -1.07. The van der Waals surface area contributed by atoms with Gasteiger partial charge in [0.1, 0.15) is 0 Å². The Morgan fingerprint density at radius 1 is 1.42 bits per heavy atom. The summed E-state index contributed by atoms with van der Waals surface area (Å²) in [5.74, 6) is 0. The molecule has 4 nitrogen and oxygen atoms in total. The third-order valence-electron chi connectivity index (χ3n) is 4.67. The fourth-order valence-electron chi connectivity index (χ4n) is 3.47. The molecule has 1 saturated heterocycles. The van der Waals surface area contributed by atoms with Gasteiger partial charge in [0.05, 0.1) is 0 Å². The first-order valence-electron chi connectivity index (χ1n) is 6.54. The molecule has 5 heteroatoms. The zero-order chi connectivity index (χ0) is 13.6. The Balaban J connectivity index is 1.84. The summed E-state index contributed by atoms with van der Waals surface area (Å²) in [6, 6.07) is 6.32. The Morgan fingerprint density at radius 2 is 2.11 bits per heavy atom. The number of amides is 1. The highest BCUT2D eigenvalue weighted by Gasteiger charge is 2.46. The molecule has 19 heavy (non-hydrogen) atoms. The summed E-state index contributed by atoms with van der Waals surface area (Å²) in [7, 11) is 0. The monoisotopic (exact) mass is 324 g/mol. The molecule has 3 N–H and O–H groups in total. The number of fused-ring (bicyclic) bond motifs is 1. The van der Waals surface area contributed by atoms with Crippen LogP contribution in [0.1, 0.15) is 30.0 Å². The Morgan fingerprint density at radius 3 is 2.74 bits per heavy atom. The predicted octanol–water partition coefficient (Wildman–Crippen LogP) is 2.77. The lowest BCUT2D eigenvalue weighted by Gasteiger charge is -2.41. The molecule has 0 aromatic heterocycles. The number of carboxylic acid groups (broad SMARTS) is 1. The molecule has 1 spiro atoms. The largest absolute Gasteiger partial charge is 0.465 e. The zero-order valence-electron chi connectivity index (χ0n) is 10.6. The van der Waals surface area contributed by atoms with E-state index in [-0.39, 0.29) is 11.5 Å². The van der Waals surface area contributed by atoms with Crippen LogP contribution >= 0.6 is 15.9 Å². The third kappa shape index (κ3) is 2.05. The molecule has 1 aromatic rings. The predicted molar refractivity (Wildman–Crippen MR) is 76.0 cm³/mol. The molecule has 1 unspecified atom stereocenters. The average molecular weight is 325 g/mol. The Labute approximate surface area is 120 Å². The van der Waals surface area contributed by atoms with E-state index in [4.69, 9.17) is 10.8 Å². The van der Waals surface area contributed by atoms with Crippen LogP contribution in [0.4, 0.5) is 4.79 Å². The van der Waals surface area contributed by atoms with Gasteiger partial charge in [-0.25, -0.2) is 4.79 Å². The molecule has 1 amide bonds. The Kier molecular flexibility index (Phi) is 3.06. The second-order valence-corrected chi connectivity index (χ2v) is 6.55. The first kappa shape index (κ1) is 12.9. The van der Waals surface area contributed by atoms with Crippen LogP contribution in [0.3, 0.4) is 0 Å². The van der Waals surface area contributed by atoms with Crippen molar-refractivity contribution in [2.75, 3.05) is 13.1 Å². The zero-order valence-corrected chi connectivity index (χ0v) is 12.2. The van der Waals surface area contributed by atoms with Gasteiger partial charge >= 0.3 is 6.09 Å². The summed E-state index contributed by atoms with van der Waals surface area (Å²) in [6.45, 7) is 1.19. The van der Waals surface area contributed by atoms with Crippen molar-refractivity contribution in [1.29, 1.82) is 0 Å². The van der Waals surface area contributed by atoms with E-state index in [0.29, 0.717) is 13.1 Å². The molecule has 1 aliphatic carbocycles. The van der Waals surface area contributed by atoms with Crippen molar-refractivity contribution >= 4 is 22.0 Å². The minimum absolute atomic E-state index is 0.0240. The van der Waals surface area contributed by atoms with Gasteiger partial charge in [0.2, 0.25) is 0 Å². The van der Waals surface area contributed by atoms with E-state index in [9.17, 15) is 4.79 Å². The highest BCUT2D eigenvalue weighted by atomic mass is 79.9. The fraction of sp³-hybridized carbons (Fsp3) is 0.500. The summed E-state index contributed by atoms with van der Waals surface area (Å²) in [5, 5.41) is 9.03. The second-order valence-electron chi connectivity index (χ2n) is 5.63. The van der Waals surface area contributed by atoms with Gasteiger partial charge in [-0.3, -0.25) is 0 Å². The van der Waals surface area contributed by atoms with Gasteiger partial charge in [0, 0.05) is 23.6 Å². The average Bonchev–Trinajstić information content (AvgIpc) is 2.64. The van der Waals surface area contributed by atoms with E-state index in [1.54, 1.807) is 0 Å². The summed E-state index contributed by atoms with van der Waals surface area (Å²) in [5.41, 5.74) is 9.05. The third-order valence-corrected chi connectivity index (χ3v) is 5.17. The lowest BCUT2D eigenvalue weighted by molar-refractivity contribution is 0.0801. The highest BCUT2D eigenvalue weighted by Crippen LogP contribution is 2.51. The van der Waals surface area contributed by atoms with Crippen LogP contribution in [0.15, 0.2) is 22.7 Å². The molecule has 1 aromatic carbocycles. The van der Waals surface area contributed by atoms with Crippen LogP contribution in [0.5, 0.6) is 0 Å². The molecule has 1 heterocycles. The minimum atomic E-state index is -0.818. The summed E-state index contributed by atoms with van der Waals surface area (Å²) in [4.78, 5) is 12.5. The number of nitrogens with zero attached hydrogens (tertiary/aromatic N) is 1. The van der Waals surface area contributed by atoms with Crippen molar-refractivity contribution in [2.24, 2.45) is 11.1 Å². The van der Waals surface area contributed by atoms with Crippen LogP contribution in [0.2, 0.25) is 0 Å². The molecule has 0 bridgehead atoms. The molecular weight excluding hydrogens is 308 g/mol. The summed E-state index contributed by atoms with van der Waals surface area (Å²) < 4.78 is 1.06. The summed E-state index contributed by atoms with van der Waals surface area (Å²) >= 11 is 3.49. The normalized spacial score (nSPS) is 24.5. The van der Waals surface area contributed by atoms with Crippen molar-refractivity contribution < 1.29 is 9.90 Å². The van der Waals surface area contributed by atoms with Crippen LogP contribution in [0, 0.1) is 5.41 Å². The Bertz CT molecular complexity index is 524. The lowest BCUT2D eigenvalue weighted by atomic mass is 9.73. The van der Waals surface area contributed by atoms with E-state index in [2.05, 4.69) is 34.1 Å². The number of rotatable bonds is 0. The molecule has 2 aliphatic rings. The van der Waals surface area contributed by atoms with Crippen LogP contribution in [-0.2, 0) is 6.42 Å². The number of piperidine rings is 1. The minimum Gasteiger partial charge on any atom is -0.465 e. The maximum Gasteiger partial charge on any atom is 0.407 e. The number of likely N-dealkylation sites (tertiary alicyclic amines) is 1. The fourth-order valence-corrected chi connectivity index (χ4v) is 3.85. The van der Waals surface area contributed by atoms with E-state index in [1.165, 1.54) is 16.0 Å². The smallest absolute Gasteiger partial charge is 0.407 e. The first-order chi connectivity index (χ1) is 9.02. The number of nitrogens with two attached hydrogens (primary N) is 1. The molecule has 0 saturated carbocycles. The lowest BCUT2D eigenvalue weighted by Crippen LogP contribution is -2.46. The molecule has 0 radical (unpaired) electrons. The number of halogens is 1. The number of hydrogen-bond acceptors (Lipinski definition) is 2. The van der Waals surface area contributed by atoms with Crippen molar-refractivity contribution in [2.45, 2.75) is 25.3 Å². The van der Waals surface area contributed by atoms with Gasteiger partial charge in [0.25, 0.3) is 0 Å². The van der Waals surface area contributed by atoms with Gasteiger partial charge in [-0.2, -0.15) is 0 Å². The number of carbonyl (C=O) groups is 1. The van der Waals surface area contributed by atoms with E-state index in [0.717, 1.165) is 23.7 Å². The van der Waals surface area contributed by atoms with Crippen LogP contribution in [0.25, 0.3) is 0 Å². The van der Waals surface area contributed by atoms with E-state index >= 15 is 0 Å². The number of benzene rings is 1. The maximum absolute atomic E-state index is 11.0. The molecule has 3 rings (SSSR count). The van der Waals surface area contributed by atoms with Gasteiger partial charge in [-0.15, -0.1) is 0 Å². The van der Waals surface area contributed by atoms with Crippen molar-refractivity contribution in [3.8, 4) is 0 Å². The van der Waals surface area contributed by atoms with Gasteiger partial charge in [0.15, 0.2) is 0 Å². The van der Waals surface area contributed by atoms with Crippen molar-refractivity contribution in [3.63, 3.8) is 0 Å². The molecular formula is C14H17BrN2O2. The first-order valence-corrected chi connectivity index (χ1v) is 7.33. The standard InChI is InChI=1S/C14H17BrN2O2/c15-10-2-1-9-8-14(12(16)11(9)7-10)3-5-17(6-4-14)13(18)19/h1-2,7,12H,3-6,8,16H2,(H,18,19). The van der Waals surface area contributed by atoms with Gasteiger partial charge in [-0.05, 0) is 47.9 Å². The van der Waals surface area contributed by atoms with E-state index in [1.807, 2.05) is 0 Å². The van der Waals surface area contributed by atoms with E-state index < -0.39 is 6.09 Å². The SMILES string of the molecule is NC1c2cc(Br)ccc2CC12CCN(C(=O)O)CC2. The molecule has 1 fully saturated rings. The van der Waals surface area contributed by atoms with Crippen molar-refractivity contribution in [1.82, 2.24) is 4.90 Å². The van der Waals surface area contributed by atoms with Crippen LogP contribution in [-0.4, -0.2) is 29.2 Å². The molecule has 1 aliphatic heterocycles. The quantitative estimate of drug-likeness (QED) is 0.771. The van der Waals surface area contributed by atoms with Gasteiger partial charge < -0.3 is 15.7 Å². The van der Waals surface area contributed by atoms with Gasteiger partial charge in [-0.1, -0.05) is 22.0 Å².